The number of carboxylic acids is 1. The van der Waals surface area contributed by atoms with E-state index in [1.165, 1.54) is 13.0 Å². The van der Waals surface area contributed by atoms with Crippen LogP contribution in [-0.2, 0) is 14.8 Å². The van der Waals surface area contributed by atoms with Gasteiger partial charge in [0.05, 0.1) is 9.82 Å². The molecule has 0 heterocycles. The van der Waals surface area contributed by atoms with Crippen LogP contribution in [0, 0.1) is 29.9 Å². The summed E-state index contributed by atoms with van der Waals surface area (Å²) in [7, 11) is -4.19. The monoisotopic (exact) mass is 344 g/mol. The van der Waals surface area contributed by atoms with Crippen molar-refractivity contribution in [3.05, 3.63) is 33.4 Å². The molecule has 0 aliphatic carbocycles. The fraction of sp³-hybridized carbons (Fsp3) is 0.500. The highest BCUT2D eigenvalue weighted by Gasteiger charge is 2.29. The number of benzene rings is 1. The van der Waals surface area contributed by atoms with Crippen LogP contribution in [-0.4, -0.2) is 30.5 Å². The maximum absolute atomic E-state index is 12.5. The van der Waals surface area contributed by atoms with Crippen molar-refractivity contribution in [2.45, 2.75) is 45.1 Å². The molecule has 0 radical (unpaired) electrons. The van der Waals surface area contributed by atoms with Crippen LogP contribution in [0.3, 0.4) is 0 Å². The Labute approximate surface area is 134 Å². The number of aliphatic carboxylic acids is 1. The highest BCUT2D eigenvalue weighted by molar-refractivity contribution is 7.89. The fourth-order valence-corrected chi connectivity index (χ4v) is 3.65. The van der Waals surface area contributed by atoms with E-state index >= 15 is 0 Å². The average Bonchev–Trinajstić information content (AvgIpc) is 2.39. The molecule has 0 bridgehead atoms. The quantitative estimate of drug-likeness (QED) is 0.575. The number of hydrogen-bond acceptors (Lipinski definition) is 5. The summed E-state index contributed by atoms with van der Waals surface area (Å²) in [4.78, 5) is 21.2. The molecule has 1 atom stereocenters. The highest BCUT2D eigenvalue weighted by Crippen LogP contribution is 2.25. The van der Waals surface area contributed by atoms with Gasteiger partial charge in [0.1, 0.15) is 6.04 Å². The molecule has 0 saturated carbocycles. The van der Waals surface area contributed by atoms with E-state index in [1.807, 2.05) is 0 Å². The highest BCUT2D eigenvalue weighted by atomic mass is 32.2. The minimum absolute atomic E-state index is 0.0354. The van der Waals surface area contributed by atoms with Crippen LogP contribution in [0.15, 0.2) is 17.0 Å². The largest absolute Gasteiger partial charge is 0.480 e. The molecular formula is C14H20N2O6S. The van der Waals surface area contributed by atoms with Gasteiger partial charge in [0.2, 0.25) is 10.0 Å². The first-order valence-electron chi connectivity index (χ1n) is 6.96. The number of carbonyl (C=O) groups is 1. The van der Waals surface area contributed by atoms with Crippen LogP contribution >= 0.6 is 0 Å². The first-order valence-corrected chi connectivity index (χ1v) is 8.44. The van der Waals surface area contributed by atoms with Crippen LogP contribution in [0.2, 0.25) is 0 Å². The number of nitro groups is 1. The summed E-state index contributed by atoms with van der Waals surface area (Å²) >= 11 is 0. The third-order valence-corrected chi connectivity index (χ3v) is 5.01. The molecule has 0 aliphatic rings. The number of carboxylic acid groups (broad SMARTS) is 1. The summed E-state index contributed by atoms with van der Waals surface area (Å²) in [6.45, 7) is 6.62. The zero-order valence-corrected chi connectivity index (χ0v) is 14.2. The molecule has 128 valence electrons. The molecule has 0 amide bonds. The normalized spacial score (nSPS) is 13.1. The van der Waals surface area contributed by atoms with E-state index in [4.69, 9.17) is 5.11 Å². The number of nitrogens with zero attached hydrogens (tertiary/aromatic N) is 1. The molecule has 0 aliphatic heterocycles. The Morgan fingerprint density at radius 3 is 2.35 bits per heavy atom. The van der Waals surface area contributed by atoms with Gasteiger partial charge in [0, 0.05) is 12.1 Å². The number of nitro benzene ring substituents is 1. The van der Waals surface area contributed by atoms with Crippen molar-refractivity contribution in [3.8, 4) is 0 Å². The predicted molar refractivity (Wildman–Crippen MR) is 83.8 cm³/mol. The zero-order valence-electron chi connectivity index (χ0n) is 13.4. The van der Waals surface area contributed by atoms with E-state index in [2.05, 4.69) is 4.72 Å². The maximum atomic E-state index is 12.5. The fourth-order valence-electron chi connectivity index (χ4n) is 2.11. The molecule has 0 fully saturated rings. The molecule has 0 saturated heterocycles. The van der Waals surface area contributed by atoms with Crippen LogP contribution in [0.25, 0.3) is 0 Å². The van der Waals surface area contributed by atoms with Gasteiger partial charge in [-0.05, 0) is 37.3 Å². The molecule has 0 aromatic heterocycles. The van der Waals surface area contributed by atoms with Crippen molar-refractivity contribution < 1.29 is 23.2 Å². The molecule has 1 rings (SSSR count). The number of aryl methyl sites for hydroxylation is 1. The van der Waals surface area contributed by atoms with Gasteiger partial charge in [-0.3, -0.25) is 14.9 Å². The van der Waals surface area contributed by atoms with Crippen molar-refractivity contribution in [1.29, 1.82) is 0 Å². The molecule has 23 heavy (non-hydrogen) atoms. The SMILES string of the molecule is Cc1cc([N+](=O)[O-])cc(S(=O)(=O)NC(CC(C)C)C(=O)O)c1C. The Kier molecular flexibility index (Phi) is 5.84. The lowest BCUT2D eigenvalue weighted by atomic mass is 10.1. The molecule has 2 N–H and O–H groups in total. The summed E-state index contributed by atoms with van der Waals surface area (Å²) in [6, 6.07) is 0.926. The van der Waals surface area contributed by atoms with Crippen molar-refractivity contribution >= 4 is 21.7 Å². The van der Waals surface area contributed by atoms with Crippen LogP contribution < -0.4 is 4.72 Å². The Morgan fingerprint density at radius 1 is 1.35 bits per heavy atom. The molecule has 9 heteroatoms. The van der Waals surface area contributed by atoms with Crippen LogP contribution in [0.1, 0.15) is 31.4 Å². The molecule has 0 spiro atoms. The zero-order chi connectivity index (χ0) is 17.9. The molecular weight excluding hydrogens is 324 g/mol. The van der Waals surface area contributed by atoms with E-state index < -0.39 is 27.0 Å². The third-order valence-electron chi connectivity index (χ3n) is 3.41. The van der Waals surface area contributed by atoms with E-state index in [9.17, 15) is 23.3 Å². The smallest absolute Gasteiger partial charge is 0.321 e. The first kappa shape index (κ1) is 19.0. The second kappa shape index (κ2) is 7.05. The lowest BCUT2D eigenvalue weighted by molar-refractivity contribution is -0.385. The number of nitrogens with one attached hydrogen (secondary N) is 1. The van der Waals surface area contributed by atoms with Gasteiger partial charge in [-0.1, -0.05) is 13.8 Å². The number of rotatable bonds is 7. The third kappa shape index (κ3) is 4.73. The summed E-state index contributed by atoms with van der Waals surface area (Å²) in [5, 5.41) is 20.1. The standard InChI is InChI=1S/C14H20N2O6S/c1-8(2)5-12(14(17)18)15-23(21,22)13-7-11(16(19)20)6-9(3)10(13)4/h6-8,12,15H,5H2,1-4H3,(H,17,18). The van der Waals surface area contributed by atoms with E-state index in [0.29, 0.717) is 11.1 Å². The average molecular weight is 344 g/mol. The molecule has 1 aromatic rings. The number of hydrogen-bond donors (Lipinski definition) is 2. The Balaban J connectivity index is 3.32. The van der Waals surface area contributed by atoms with Gasteiger partial charge in [-0.15, -0.1) is 0 Å². The lowest BCUT2D eigenvalue weighted by Gasteiger charge is -2.18. The lowest BCUT2D eigenvalue weighted by Crippen LogP contribution is -2.41. The van der Waals surface area contributed by atoms with Crippen molar-refractivity contribution in [2.24, 2.45) is 5.92 Å². The molecule has 8 nitrogen and oxygen atoms in total. The van der Waals surface area contributed by atoms with Crippen LogP contribution in [0.5, 0.6) is 0 Å². The molecule has 1 aromatic carbocycles. The van der Waals surface area contributed by atoms with E-state index in [-0.39, 0.29) is 22.9 Å². The van der Waals surface area contributed by atoms with E-state index in [1.54, 1.807) is 20.8 Å². The summed E-state index contributed by atoms with van der Waals surface area (Å²) in [6.07, 6.45) is 0.113. The minimum atomic E-state index is -4.19. The summed E-state index contributed by atoms with van der Waals surface area (Å²) < 4.78 is 27.1. The molecule has 1 unspecified atom stereocenters. The van der Waals surface area contributed by atoms with Gasteiger partial charge in [0.15, 0.2) is 0 Å². The minimum Gasteiger partial charge on any atom is -0.480 e. The van der Waals surface area contributed by atoms with Gasteiger partial charge in [-0.2, -0.15) is 4.72 Å². The maximum Gasteiger partial charge on any atom is 0.321 e. The second-order valence-electron chi connectivity index (χ2n) is 5.78. The topological polar surface area (TPSA) is 127 Å². The van der Waals surface area contributed by atoms with Crippen molar-refractivity contribution in [1.82, 2.24) is 4.72 Å². The Hall–Kier alpha value is -2.00. The number of non-ortho nitro benzene ring substituents is 1. The van der Waals surface area contributed by atoms with Gasteiger partial charge in [0.25, 0.3) is 5.69 Å². The van der Waals surface area contributed by atoms with E-state index in [0.717, 1.165) is 6.07 Å². The van der Waals surface area contributed by atoms with Crippen LogP contribution in [0.4, 0.5) is 5.69 Å². The summed E-state index contributed by atoms with van der Waals surface area (Å²) in [5.41, 5.74) is 0.427. The summed E-state index contributed by atoms with van der Waals surface area (Å²) in [5.74, 6) is -1.33. The second-order valence-corrected chi connectivity index (χ2v) is 7.47. The van der Waals surface area contributed by atoms with Crippen molar-refractivity contribution in [2.75, 3.05) is 0 Å². The van der Waals surface area contributed by atoms with Gasteiger partial charge in [-0.25, -0.2) is 8.42 Å². The van der Waals surface area contributed by atoms with Crippen molar-refractivity contribution in [3.63, 3.8) is 0 Å². The Morgan fingerprint density at radius 2 is 1.91 bits per heavy atom. The Bertz CT molecular complexity index is 727. The van der Waals surface area contributed by atoms with Gasteiger partial charge < -0.3 is 5.11 Å². The van der Waals surface area contributed by atoms with Gasteiger partial charge >= 0.3 is 5.97 Å². The predicted octanol–water partition coefficient (Wildman–Crippen LogP) is 1.99. The first-order chi connectivity index (χ1) is 10.5. The number of sulfonamides is 1.